The van der Waals surface area contributed by atoms with Crippen LogP contribution in [-0.2, 0) is 24.0 Å². The Morgan fingerprint density at radius 3 is 1.86 bits per heavy atom. The lowest BCUT2D eigenvalue weighted by atomic mass is 9.97. The summed E-state index contributed by atoms with van der Waals surface area (Å²) in [5.74, 6) is -5.00. The molecule has 7 N–H and O–H groups in total. The van der Waals surface area contributed by atoms with E-state index in [9.17, 15) is 24.0 Å². The van der Waals surface area contributed by atoms with Crippen LogP contribution in [-0.4, -0.2) is 64.5 Å². The first-order valence-corrected chi connectivity index (χ1v) is 9.46. The van der Waals surface area contributed by atoms with E-state index in [1.807, 2.05) is 26.1 Å². The largest absolute Gasteiger partial charge is 0.481 e. The van der Waals surface area contributed by atoms with Crippen molar-refractivity contribution in [1.82, 2.24) is 16.0 Å². The highest BCUT2D eigenvalue weighted by molar-refractivity contribution is 5.95. The van der Waals surface area contributed by atoms with Crippen LogP contribution in [0.1, 0.15) is 47.0 Å². The lowest BCUT2D eigenvalue weighted by molar-refractivity contribution is -0.141. The summed E-state index contributed by atoms with van der Waals surface area (Å²) in [6.45, 7) is 6.62. The van der Waals surface area contributed by atoms with Crippen molar-refractivity contribution in [2.24, 2.45) is 17.6 Å². The van der Waals surface area contributed by atoms with Crippen molar-refractivity contribution in [2.75, 3.05) is 6.54 Å². The summed E-state index contributed by atoms with van der Waals surface area (Å²) in [7, 11) is 0. The van der Waals surface area contributed by atoms with Gasteiger partial charge in [-0.25, -0.2) is 0 Å². The van der Waals surface area contributed by atoms with Crippen LogP contribution in [0.3, 0.4) is 0 Å². The second-order valence-corrected chi connectivity index (χ2v) is 7.37. The first-order chi connectivity index (χ1) is 13.4. The van der Waals surface area contributed by atoms with Crippen LogP contribution < -0.4 is 21.7 Å². The molecule has 0 aromatic carbocycles. The number of carboxylic acids is 2. The number of aliphatic carboxylic acids is 2. The fraction of sp³-hybridized carbons (Fsp3) is 0.722. The number of carbonyl (C=O) groups excluding carboxylic acids is 3. The van der Waals surface area contributed by atoms with Crippen molar-refractivity contribution < 1.29 is 34.2 Å². The lowest BCUT2D eigenvalue weighted by Crippen LogP contribution is -2.57. The average Bonchev–Trinajstić information content (AvgIpc) is 2.62. The minimum absolute atomic E-state index is 0.00429. The molecule has 0 saturated carbocycles. The smallest absolute Gasteiger partial charge is 0.322 e. The van der Waals surface area contributed by atoms with Gasteiger partial charge in [0.2, 0.25) is 17.7 Å². The van der Waals surface area contributed by atoms with Crippen molar-refractivity contribution in [2.45, 2.75) is 65.1 Å². The fourth-order valence-corrected chi connectivity index (χ4v) is 2.43. The van der Waals surface area contributed by atoms with Gasteiger partial charge < -0.3 is 31.9 Å². The molecule has 0 aliphatic rings. The second kappa shape index (κ2) is 12.7. The number of carbonyl (C=O) groups is 5. The van der Waals surface area contributed by atoms with E-state index in [0.29, 0.717) is 6.42 Å². The lowest BCUT2D eigenvalue weighted by Gasteiger charge is -2.25. The molecule has 29 heavy (non-hydrogen) atoms. The van der Waals surface area contributed by atoms with Crippen LogP contribution in [0, 0.1) is 11.8 Å². The van der Waals surface area contributed by atoms with Crippen LogP contribution in [0.25, 0.3) is 0 Å². The van der Waals surface area contributed by atoms with Crippen molar-refractivity contribution >= 4 is 29.7 Å². The maximum Gasteiger partial charge on any atom is 0.322 e. The number of nitrogens with one attached hydrogen (secondary N) is 3. The maximum atomic E-state index is 12.7. The normalized spacial score (nSPS) is 15.0. The third-order valence-electron chi connectivity index (χ3n) is 4.33. The van der Waals surface area contributed by atoms with Crippen molar-refractivity contribution in [3.05, 3.63) is 0 Å². The highest BCUT2D eigenvalue weighted by Crippen LogP contribution is 2.09. The first kappa shape index (κ1) is 26.3. The molecule has 0 rings (SSSR count). The van der Waals surface area contributed by atoms with Gasteiger partial charge in [-0.15, -0.1) is 0 Å². The molecule has 3 amide bonds. The zero-order valence-electron chi connectivity index (χ0n) is 17.2. The molecular formula is C18H32N4O7. The Bertz CT molecular complexity index is 609. The number of rotatable bonds is 13. The van der Waals surface area contributed by atoms with Gasteiger partial charge in [0.15, 0.2) is 0 Å². The maximum absolute atomic E-state index is 12.7. The molecular weight excluding hydrogens is 384 g/mol. The molecule has 11 nitrogen and oxygen atoms in total. The highest BCUT2D eigenvalue weighted by atomic mass is 16.4. The summed E-state index contributed by atoms with van der Waals surface area (Å²) in [5, 5.41) is 24.5. The molecule has 166 valence electrons. The van der Waals surface area contributed by atoms with Gasteiger partial charge in [-0.3, -0.25) is 24.0 Å². The zero-order chi connectivity index (χ0) is 22.7. The van der Waals surface area contributed by atoms with Gasteiger partial charge in [-0.05, 0) is 18.3 Å². The molecule has 0 aromatic rings. The molecule has 4 atom stereocenters. The van der Waals surface area contributed by atoms with Gasteiger partial charge in [-0.1, -0.05) is 34.1 Å². The zero-order valence-corrected chi connectivity index (χ0v) is 17.2. The number of amides is 3. The van der Waals surface area contributed by atoms with E-state index >= 15 is 0 Å². The predicted molar refractivity (Wildman–Crippen MR) is 104 cm³/mol. The summed E-state index contributed by atoms with van der Waals surface area (Å²) >= 11 is 0. The van der Waals surface area contributed by atoms with Gasteiger partial charge in [0.25, 0.3) is 0 Å². The minimum Gasteiger partial charge on any atom is -0.481 e. The molecule has 0 aromatic heterocycles. The van der Waals surface area contributed by atoms with Crippen LogP contribution in [0.5, 0.6) is 0 Å². The molecule has 0 heterocycles. The summed E-state index contributed by atoms with van der Waals surface area (Å²) < 4.78 is 0. The van der Waals surface area contributed by atoms with E-state index in [-0.39, 0.29) is 18.3 Å². The second-order valence-electron chi connectivity index (χ2n) is 7.37. The Morgan fingerprint density at radius 1 is 0.862 bits per heavy atom. The summed E-state index contributed by atoms with van der Waals surface area (Å²) in [5.41, 5.74) is 5.89. The SMILES string of the molecule is CCC(C)C(N)C(=O)NC(CC(C)C)C(=O)NC(CC(=O)O)C(=O)NCC(=O)O. The molecule has 0 saturated heterocycles. The van der Waals surface area contributed by atoms with Gasteiger partial charge in [-0.2, -0.15) is 0 Å². The molecule has 0 aliphatic heterocycles. The number of hydrogen-bond acceptors (Lipinski definition) is 6. The summed E-state index contributed by atoms with van der Waals surface area (Å²) in [4.78, 5) is 58.7. The van der Waals surface area contributed by atoms with Crippen LogP contribution >= 0.6 is 0 Å². The molecule has 4 unspecified atom stereocenters. The van der Waals surface area contributed by atoms with E-state index < -0.39 is 60.8 Å². The highest BCUT2D eigenvalue weighted by Gasteiger charge is 2.30. The molecule has 11 heteroatoms. The fourth-order valence-electron chi connectivity index (χ4n) is 2.43. The standard InChI is InChI=1S/C18H32N4O7/c1-5-10(4)15(19)18(29)22-11(6-9(2)3)17(28)21-12(7-13(23)24)16(27)20-8-14(25)26/h9-12,15H,5-8,19H2,1-4H3,(H,20,27)(H,21,28)(H,22,29)(H,23,24)(H,25,26). The Kier molecular flexibility index (Phi) is 11.5. The Labute approximate surface area is 169 Å². The quantitative estimate of drug-likeness (QED) is 0.221. The molecule has 0 radical (unpaired) electrons. The first-order valence-electron chi connectivity index (χ1n) is 9.46. The van der Waals surface area contributed by atoms with E-state index in [1.54, 1.807) is 6.92 Å². The monoisotopic (exact) mass is 416 g/mol. The van der Waals surface area contributed by atoms with E-state index in [2.05, 4.69) is 10.6 Å². The molecule has 0 fully saturated rings. The Balaban J connectivity index is 5.31. The van der Waals surface area contributed by atoms with Crippen LogP contribution in [0.4, 0.5) is 0 Å². The minimum atomic E-state index is -1.49. The van der Waals surface area contributed by atoms with Crippen LogP contribution in [0.15, 0.2) is 0 Å². The van der Waals surface area contributed by atoms with Crippen molar-refractivity contribution in [3.8, 4) is 0 Å². The topological polar surface area (TPSA) is 188 Å². The van der Waals surface area contributed by atoms with Gasteiger partial charge in [0.05, 0.1) is 12.5 Å². The van der Waals surface area contributed by atoms with E-state index in [4.69, 9.17) is 15.9 Å². The van der Waals surface area contributed by atoms with Crippen molar-refractivity contribution in [1.29, 1.82) is 0 Å². The Hall–Kier alpha value is -2.69. The molecule has 0 spiro atoms. The number of carboxylic acid groups (broad SMARTS) is 2. The van der Waals surface area contributed by atoms with Gasteiger partial charge in [0.1, 0.15) is 18.6 Å². The van der Waals surface area contributed by atoms with Crippen LogP contribution in [0.2, 0.25) is 0 Å². The number of hydrogen-bond donors (Lipinski definition) is 6. The van der Waals surface area contributed by atoms with Gasteiger partial charge in [0, 0.05) is 0 Å². The predicted octanol–water partition coefficient (Wildman–Crippen LogP) is -0.949. The summed E-state index contributed by atoms with van der Waals surface area (Å²) in [6, 6.07) is -3.34. The van der Waals surface area contributed by atoms with E-state index in [1.165, 1.54) is 0 Å². The third-order valence-corrected chi connectivity index (χ3v) is 4.33. The third kappa shape index (κ3) is 10.4. The number of nitrogens with two attached hydrogens (primary N) is 1. The summed E-state index contributed by atoms with van der Waals surface area (Å²) in [6.07, 6.45) is 0.160. The van der Waals surface area contributed by atoms with Crippen molar-refractivity contribution in [3.63, 3.8) is 0 Å². The molecule has 0 bridgehead atoms. The molecule has 0 aliphatic carbocycles. The average molecular weight is 416 g/mol. The van der Waals surface area contributed by atoms with Gasteiger partial charge >= 0.3 is 11.9 Å². The Morgan fingerprint density at radius 2 is 1.41 bits per heavy atom. The van der Waals surface area contributed by atoms with E-state index in [0.717, 1.165) is 0 Å².